The highest BCUT2D eigenvalue weighted by molar-refractivity contribution is 8.11. The van der Waals surface area contributed by atoms with Crippen LogP contribution in [0.15, 0.2) is 36.4 Å². The Morgan fingerprint density at radius 1 is 1.32 bits per heavy atom. The zero-order valence-electron chi connectivity index (χ0n) is 10.6. The topological polar surface area (TPSA) is 34.1 Å². The van der Waals surface area contributed by atoms with Crippen LogP contribution in [-0.4, -0.2) is 27.1 Å². The Morgan fingerprint density at radius 2 is 2.05 bits per heavy atom. The van der Waals surface area contributed by atoms with Crippen LogP contribution in [0, 0.1) is 0 Å². The highest BCUT2D eigenvalue weighted by Crippen LogP contribution is 2.26. The lowest BCUT2D eigenvalue weighted by Gasteiger charge is -2.11. The SMILES string of the molecule is CS[C@@H](C(=O)c1ccc2cccc(Cl)c2c1)[S@@](C)=O. The maximum Gasteiger partial charge on any atom is 0.188 e. The third kappa shape index (κ3) is 3.02. The van der Waals surface area contributed by atoms with Crippen molar-refractivity contribution in [2.45, 2.75) is 4.58 Å². The van der Waals surface area contributed by atoms with E-state index in [9.17, 15) is 9.00 Å². The molecule has 0 aromatic heterocycles. The Labute approximate surface area is 124 Å². The maximum atomic E-state index is 12.3. The molecular formula is C14H13ClO2S2. The van der Waals surface area contributed by atoms with Crippen molar-refractivity contribution in [1.29, 1.82) is 0 Å². The monoisotopic (exact) mass is 312 g/mol. The van der Waals surface area contributed by atoms with Crippen molar-refractivity contribution in [1.82, 2.24) is 0 Å². The molecule has 0 aliphatic heterocycles. The molecule has 0 saturated carbocycles. The quantitative estimate of drug-likeness (QED) is 0.806. The number of fused-ring (bicyclic) bond motifs is 1. The molecule has 2 rings (SSSR count). The van der Waals surface area contributed by atoms with Crippen molar-refractivity contribution >= 4 is 50.7 Å². The molecule has 0 spiro atoms. The van der Waals surface area contributed by atoms with E-state index < -0.39 is 15.4 Å². The van der Waals surface area contributed by atoms with Crippen LogP contribution in [0.3, 0.4) is 0 Å². The molecule has 0 radical (unpaired) electrons. The van der Waals surface area contributed by atoms with E-state index in [-0.39, 0.29) is 5.78 Å². The van der Waals surface area contributed by atoms with Crippen LogP contribution < -0.4 is 0 Å². The van der Waals surface area contributed by atoms with Gasteiger partial charge in [-0.1, -0.05) is 35.9 Å². The molecule has 0 unspecified atom stereocenters. The number of thioether (sulfide) groups is 1. The summed E-state index contributed by atoms with van der Waals surface area (Å²) < 4.78 is 11.0. The molecule has 2 atom stereocenters. The Balaban J connectivity index is 2.49. The molecule has 0 amide bonds. The highest BCUT2D eigenvalue weighted by atomic mass is 35.5. The lowest BCUT2D eigenvalue weighted by molar-refractivity contribution is 0.101. The normalized spacial score (nSPS) is 14.3. The fourth-order valence-electron chi connectivity index (χ4n) is 1.92. The van der Waals surface area contributed by atoms with Gasteiger partial charge in [-0.2, -0.15) is 0 Å². The van der Waals surface area contributed by atoms with Gasteiger partial charge in [0.2, 0.25) is 0 Å². The second-order valence-electron chi connectivity index (χ2n) is 4.11. The van der Waals surface area contributed by atoms with Crippen LogP contribution in [0.2, 0.25) is 5.02 Å². The number of hydrogen-bond donors (Lipinski definition) is 0. The standard InChI is InChI=1S/C14H13ClO2S2/c1-18-14(19(2)17)13(16)10-7-6-9-4-3-5-12(15)11(9)8-10/h3-8,14H,1-2H3/t14-,19-/m1/s1. The van der Waals surface area contributed by atoms with E-state index in [0.717, 1.165) is 10.8 Å². The van der Waals surface area contributed by atoms with E-state index in [2.05, 4.69) is 0 Å². The van der Waals surface area contributed by atoms with Crippen molar-refractivity contribution in [3.8, 4) is 0 Å². The van der Waals surface area contributed by atoms with Crippen LogP contribution in [0.5, 0.6) is 0 Å². The summed E-state index contributed by atoms with van der Waals surface area (Å²) in [6, 6.07) is 11.0. The van der Waals surface area contributed by atoms with Crippen LogP contribution in [0.25, 0.3) is 10.8 Å². The summed E-state index contributed by atoms with van der Waals surface area (Å²) in [4.78, 5) is 12.3. The van der Waals surface area contributed by atoms with Gasteiger partial charge in [-0.05, 0) is 23.8 Å². The number of Topliss-reactive ketones (excluding diaryl/α,β-unsaturated/α-hetero) is 1. The summed E-state index contributed by atoms with van der Waals surface area (Å²) >= 11 is 7.44. The Morgan fingerprint density at radius 3 is 2.68 bits per heavy atom. The third-order valence-corrected chi connectivity index (χ3v) is 6.02. The van der Waals surface area contributed by atoms with Crippen molar-refractivity contribution in [2.75, 3.05) is 12.5 Å². The predicted octanol–water partition coefficient (Wildman–Crippen LogP) is 3.74. The molecule has 0 N–H and O–H groups in total. The van der Waals surface area contributed by atoms with Gasteiger partial charge >= 0.3 is 0 Å². The molecule has 2 nitrogen and oxygen atoms in total. The third-order valence-electron chi connectivity index (χ3n) is 2.84. The van der Waals surface area contributed by atoms with Crippen LogP contribution in [-0.2, 0) is 10.8 Å². The van der Waals surface area contributed by atoms with E-state index in [4.69, 9.17) is 11.6 Å². The van der Waals surface area contributed by atoms with Gasteiger partial charge < -0.3 is 0 Å². The number of benzene rings is 2. The second kappa shape index (κ2) is 6.07. The minimum Gasteiger partial charge on any atom is -0.292 e. The van der Waals surface area contributed by atoms with Gasteiger partial charge in [0, 0.05) is 33.0 Å². The average molecular weight is 313 g/mol. The number of rotatable bonds is 4. The highest BCUT2D eigenvalue weighted by Gasteiger charge is 2.22. The van der Waals surface area contributed by atoms with Crippen molar-refractivity contribution in [3.63, 3.8) is 0 Å². The molecule has 0 fully saturated rings. The molecule has 0 aliphatic rings. The van der Waals surface area contributed by atoms with E-state index in [0.29, 0.717) is 10.6 Å². The first-order chi connectivity index (χ1) is 9.04. The molecular weight excluding hydrogens is 300 g/mol. The van der Waals surface area contributed by atoms with Gasteiger partial charge in [0.15, 0.2) is 5.78 Å². The molecule has 0 bridgehead atoms. The number of halogens is 1. The first-order valence-corrected chi connectivity index (χ1v) is 8.91. The number of carbonyl (C=O) groups is 1. The van der Waals surface area contributed by atoms with Crippen LogP contribution in [0.1, 0.15) is 10.4 Å². The van der Waals surface area contributed by atoms with Crippen LogP contribution in [0.4, 0.5) is 0 Å². The van der Waals surface area contributed by atoms with E-state index in [1.165, 1.54) is 11.8 Å². The first-order valence-electron chi connectivity index (χ1n) is 5.62. The molecule has 5 heteroatoms. The predicted molar refractivity (Wildman–Crippen MR) is 84.7 cm³/mol. The molecule has 100 valence electrons. The first kappa shape index (κ1) is 14.6. The molecule has 2 aromatic carbocycles. The minimum absolute atomic E-state index is 0.116. The van der Waals surface area contributed by atoms with Crippen molar-refractivity contribution in [2.24, 2.45) is 0 Å². The molecule has 0 saturated heterocycles. The lowest BCUT2D eigenvalue weighted by Crippen LogP contribution is -2.21. The van der Waals surface area contributed by atoms with Gasteiger partial charge in [0.1, 0.15) is 4.58 Å². The van der Waals surface area contributed by atoms with Gasteiger partial charge in [-0.15, -0.1) is 11.8 Å². The zero-order valence-corrected chi connectivity index (χ0v) is 12.9. The largest absolute Gasteiger partial charge is 0.292 e. The van der Waals surface area contributed by atoms with Gasteiger partial charge in [0.05, 0.1) is 0 Å². The summed E-state index contributed by atoms with van der Waals surface area (Å²) in [7, 11) is -1.19. The number of carbonyl (C=O) groups excluding carboxylic acids is 1. The second-order valence-corrected chi connectivity index (χ2v) is 7.22. The summed E-state index contributed by atoms with van der Waals surface area (Å²) in [6.07, 6.45) is 3.34. The Kier molecular flexibility index (Phi) is 4.66. The lowest BCUT2D eigenvalue weighted by atomic mass is 10.0. The smallest absolute Gasteiger partial charge is 0.188 e. The van der Waals surface area contributed by atoms with Crippen molar-refractivity contribution < 1.29 is 9.00 Å². The Bertz CT molecular complexity index is 655. The number of hydrogen-bond acceptors (Lipinski definition) is 3. The summed E-state index contributed by atoms with van der Waals surface area (Å²) in [5, 5.41) is 2.45. The van der Waals surface area contributed by atoms with E-state index in [1.54, 1.807) is 30.7 Å². The summed E-state index contributed by atoms with van der Waals surface area (Å²) in [6.45, 7) is 0. The number of ketones is 1. The van der Waals surface area contributed by atoms with Crippen LogP contribution >= 0.6 is 23.4 Å². The molecule has 2 aromatic rings. The van der Waals surface area contributed by atoms with Crippen molar-refractivity contribution in [3.05, 3.63) is 47.0 Å². The van der Waals surface area contributed by atoms with Gasteiger partial charge in [0.25, 0.3) is 0 Å². The fraction of sp³-hybridized carbons (Fsp3) is 0.214. The average Bonchev–Trinajstić information content (AvgIpc) is 2.39. The summed E-state index contributed by atoms with van der Waals surface area (Å²) in [5.41, 5.74) is 0.551. The minimum atomic E-state index is -1.19. The van der Waals surface area contributed by atoms with E-state index in [1.807, 2.05) is 18.2 Å². The maximum absolute atomic E-state index is 12.3. The molecule has 0 heterocycles. The van der Waals surface area contributed by atoms with Gasteiger partial charge in [-0.25, -0.2) is 0 Å². The zero-order chi connectivity index (χ0) is 14.0. The fourth-order valence-corrected chi connectivity index (χ4v) is 4.03. The summed E-state index contributed by atoms with van der Waals surface area (Å²) in [5.74, 6) is -0.116. The van der Waals surface area contributed by atoms with Gasteiger partial charge in [-0.3, -0.25) is 9.00 Å². The van der Waals surface area contributed by atoms with E-state index >= 15 is 0 Å². The molecule has 0 aliphatic carbocycles. The Hall–Kier alpha value is -0.840. The molecule has 19 heavy (non-hydrogen) atoms.